The molecule has 7 nitrogen and oxygen atoms in total. The molecule has 0 aliphatic carbocycles. The number of anilines is 2. The molecule has 0 atom stereocenters. The summed E-state index contributed by atoms with van der Waals surface area (Å²) in [5.74, 6) is -0.864. The highest BCUT2D eigenvalue weighted by Crippen LogP contribution is 2.26. The van der Waals surface area contributed by atoms with E-state index in [0.29, 0.717) is 23.5 Å². The smallest absolute Gasteiger partial charge is 0.264 e. The van der Waals surface area contributed by atoms with Crippen molar-refractivity contribution in [1.29, 1.82) is 0 Å². The van der Waals surface area contributed by atoms with Crippen molar-refractivity contribution >= 4 is 33.2 Å². The lowest BCUT2D eigenvalue weighted by Crippen LogP contribution is -2.38. The number of nitrogens with zero attached hydrogens (tertiary/aromatic N) is 1. The van der Waals surface area contributed by atoms with Crippen LogP contribution in [0.2, 0.25) is 0 Å². The van der Waals surface area contributed by atoms with Crippen LogP contribution in [0.15, 0.2) is 71.6 Å². The second kappa shape index (κ2) is 11.2. The maximum absolute atomic E-state index is 13.6. The Balaban J connectivity index is 1.95. The average Bonchev–Trinajstić information content (AvgIpc) is 2.81. The highest BCUT2D eigenvalue weighted by molar-refractivity contribution is 7.92. The fourth-order valence-corrected chi connectivity index (χ4v) is 5.10. The molecule has 0 unspecified atom stereocenters. The molecule has 0 aliphatic heterocycles. The molecular weight excluding hydrogens is 462 g/mol. The average molecular weight is 494 g/mol. The van der Waals surface area contributed by atoms with Gasteiger partial charge in [-0.3, -0.25) is 13.9 Å². The Morgan fingerprint density at radius 1 is 0.857 bits per heavy atom. The molecular formula is C27H31N3O4S. The Bertz CT molecular complexity index is 1300. The van der Waals surface area contributed by atoms with E-state index in [-0.39, 0.29) is 10.8 Å². The fraction of sp³-hybridized carbons (Fsp3) is 0.259. The molecule has 0 bridgehead atoms. The Hall–Kier alpha value is -3.65. The summed E-state index contributed by atoms with van der Waals surface area (Å²) in [5.41, 5.74) is 3.71. The summed E-state index contributed by atoms with van der Waals surface area (Å²) >= 11 is 0. The first-order valence-electron chi connectivity index (χ1n) is 11.5. The molecule has 35 heavy (non-hydrogen) atoms. The molecule has 0 spiro atoms. The molecule has 184 valence electrons. The van der Waals surface area contributed by atoms with Crippen LogP contribution in [0.25, 0.3) is 0 Å². The first-order chi connectivity index (χ1) is 16.6. The van der Waals surface area contributed by atoms with E-state index in [2.05, 4.69) is 10.6 Å². The molecule has 0 saturated heterocycles. The van der Waals surface area contributed by atoms with Crippen molar-refractivity contribution in [2.45, 2.75) is 39.0 Å². The molecule has 2 N–H and O–H groups in total. The van der Waals surface area contributed by atoms with E-state index in [1.54, 1.807) is 48.5 Å². The summed E-state index contributed by atoms with van der Waals surface area (Å²) in [6, 6.07) is 18.6. The number of aryl methyl sites for hydroxylation is 3. The van der Waals surface area contributed by atoms with Gasteiger partial charge in [-0.05, 0) is 74.7 Å². The fourth-order valence-electron chi connectivity index (χ4n) is 3.69. The molecule has 0 aliphatic rings. The molecule has 0 radical (unpaired) electrons. The third-order valence-electron chi connectivity index (χ3n) is 5.37. The van der Waals surface area contributed by atoms with Crippen molar-refractivity contribution in [1.82, 2.24) is 5.32 Å². The SMILES string of the molecule is CCCNC(=O)c1ccccc1NC(=O)CN(c1cc(C)cc(C)c1)S(=O)(=O)c1ccc(C)cc1. The maximum Gasteiger partial charge on any atom is 0.264 e. The highest BCUT2D eigenvalue weighted by Gasteiger charge is 2.28. The predicted octanol–water partition coefficient (Wildman–Crippen LogP) is 4.59. The topological polar surface area (TPSA) is 95.6 Å². The van der Waals surface area contributed by atoms with Crippen LogP contribution in [0.4, 0.5) is 11.4 Å². The number of para-hydroxylation sites is 1. The summed E-state index contributed by atoms with van der Waals surface area (Å²) in [4.78, 5) is 25.8. The zero-order chi connectivity index (χ0) is 25.6. The quantitative estimate of drug-likeness (QED) is 0.456. The van der Waals surface area contributed by atoms with Crippen LogP contribution in [0.5, 0.6) is 0 Å². The van der Waals surface area contributed by atoms with Gasteiger partial charge >= 0.3 is 0 Å². The van der Waals surface area contributed by atoms with E-state index >= 15 is 0 Å². The summed E-state index contributed by atoms with van der Waals surface area (Å²) in [6.45, 7) is 7.63. The van der Waals surface area contributed by atoms with Gasteiger partial charge in [0, 0.05) is 6.54 Å². The van der Waals surface area contributed by atoms with Crippen molar-refractivity contribution in [3.63, 3.8) is 0 Å². The normalized spacial score (nSPS) is 11.1. The molecule has 3 aromatic rings. The highest BCUT2D eigenvalue weighted by atomic mass is 32.2. The van der Waals surface area contributed by atoms with Gasteiger partial charge in [0.1, 0.15) is 6.54 Å². The zero-order valence-corrected chi connectivity index (χ0v) is 21.3. The van der Waals surface area contributed by atoms with Gasteiger partial charge in [0.25, 0.3) is 15.9 Å². The minimum absolute atomic E-state index is 0.0920. The number of hydrogen-bond donors (Lipinski definition) is 2. The Morgan fingerprint density at radius 3 is 2.11 bits per heavy atom. The second-order valence-electron chi connectivity index (χ2n) is 8.52. The minimum atomic E-state index is -4.04. The van der Waals surface area contributed by atoms with Gasteiger partial charge in [0.15, 0.2) is 0 Å². The van der Waals surface area contributed by atoms with Crippen LogP contribution >= 0.6 is 0 Å². The number of sulfonamides is 1. The Labute approximate surface area is 207 Å². The van der Waals surface area contributed by atoms with E-state index in [1.807, 2.05) is 33.8 Å². The van der Waals surface area contributed by atoms with Crippen molar-refractivity contribution in [2.24, 2.45) is 0 Å². The first kappa shape index (κ1) is 26.0. The van der Waals surface area contributed by atoms with Gasteiger partial charge in [0.05, 0.1) is 21.8 Å². The van der Waals surface area contributed by atoms with Crippen LogP contribution in [0, 0.1) is 20.8 Å². The summed E-state index contributed by atoms with van der Waals surface area (Å²) < 4.78 is 28.4. The van der Waals surface area contributed by atoms with Crippen molar-refractivity contribution < 1.29 is 18.0 Å². The van der Waals surface area contributed by atoms with Gasteiger partial charge in [-0.1, -0.05) is 42.8 Å². The van der Waals surface area contributed by atoms with Crippen LogP contribution in [0.1, 0.15) is 40.4 Å². The van der Waals surface area contributed by atoms with Crippen LogP contribution < -0.4 is 14.9 Å². The van der Waals surface area contributed by atoms with E-state index in [4.69, 9.17) is 0 Å². The first-order valence-corrected chi connectivity index (χ1v) is 12.9. The standard InChI is InChI=1S/C27H31N3O4S/c1-5-14-28-27(32)24-8-6-7-9-25(24)29-26(31)18-30(22-16-20(3)15-21(4)17-22)35(33,34)23-12-10-19(2)11-13-23/h6-13,15-17H,5,14,18H2,1-4H3,(H,28,32)(H,29,31). The van der Waals surface area contributed by atoms with Crippen LogP contribution in [0.3, 0.4) is 0 Å². The molecule has 3 rings (SSSR count). The lowest BCUT2D eigenvalue weighted by atomic mass is 10.1. The minimum Gasteiger partial charge on any atom is -0.352 e. The van der Waals surface area contributed by atoms with Gasteiger partial charge in [-0.15, -0.1) is 0 Å². The van der Waals surface area contributed by atoms with Crippen LogP contribution in [-0.2, 0) is 14.8 Å². The number of hydrogen-bond acceptors (Lipinski definition) is 4. The van der Waals surface area contributed by atoms with Gasteiger partial charge in [-0.25, -0.2) is 8.42 Å². The predicted molar refractivity (Wildman–Crippen MR) is 139 cm³/mol. The number of amides is 2. The number of carbonyl (C=O) groups is 2. The Kier molecular flexibility index (Phi) is 8.30. The maximum atomic E-state index is 13.6. The molecule has 8 heteroatoms. The molecule has 2 amide bonds. The van der Waals surface area contributed by atoms with E-state index in [0.717, 1.165) is 27.4 Å². The third-order valence-corrected chi connectivity index (χ3v) is 7.16. The van der Waals surface area contributed by atoms with Crippen molar-refractivity contribution in [3.8, 4) is 0 Å². The largest absolute Gasteiger partial charge is 0.352 e. The van der Waals surface area contributed by atoms with Gasteiger partial charge in [-0.2, -0.15) is 0 Å². The Morgan fingerprint density at radius 2 is 1.49 bits per heavy atom. The van der Waals surface area contributed by atoms with E-state index in [1.165, 1.54) is 12.1 Å². The van der Waals surface area contributed by atoms with E-state index < -0.39 is 22.5 Å². The summed E-state index contributed by atoms with van der Waals surface area (Å²) in [7, 11) is -4.04. The molecule has 3 aromatic carbocycles. The number of benzene rings is 3. The number of rotatable bonds is 9. The summed E-state index contributed by atoms with van der Waals surface area (Å²) in [6.07, 6.45) is 0.780. The lowest BCUT2D eigenvalue weighted by Gasteiger charge is -2.25. The molecule has 0 saturated carbocycles. The zero-order valence-electron chi connectivity index (χ0n) is 20.5. The molecule has 0 aromatic heterocycles. The third kappa shape index (κ3) is 6.48. The summed E-state index contributed by atoms with van der Waals surface area (Å²) in [5, 5.41) is 5.52. The van der Waals surface area contributed by atoms with E-state index in [9.17, 15) is 18.0 Å². The van der Waals surface area contributed by atoms with Crippen LogP contribution in [-0.4, -0.2) is 33.3 Å². The van der Waals surface area contributed by atoms with Gasteiger partial charge in [0.2, 0.25) is 5.91 Å². The number of nitrogens with one attached hydrogen (secondary N) is 2. The monoisotopic (exact) mass is 493 g/mol. The molecule has 0 fully saturated rings. The van der Waals surface area contributed by atoms with Crippen molar-refractivity contribution in [2.75, 3.05) is 22.7 Å². The van der Waals surface area contributed by atoms with Crippen molar-refractivity contribution in [3.05, 3.63) is 89.0 Å². The van der Waals surface area contributed by atoms with Gasteiger partial charge < -0.3 is 10.6 Å². The number of carbonyl (C=O) groups excluding carboxylic acids is 2. The molecule has 0 heterocycles. The second-order valence-corrected chi connectivity index (χ2v) is 10.4. The lowest BCUT2D eigenvalue weighted by molar-refractivity contribution is -0.114.